The van der Waals surface area contributed by atoms with Gasteiger partial charge < -0.3 is 10.6 Å². The van der Waals surface area contributed by atoms with E-state index in [9.17, 15) is 14.4 Å². The molecular weight excluding hydrogens is 316 g/mol. The van der Waals surface area contributed by atoms with Crippen molar-refractivity contribution in [2.75, 3.05) is 11.9 Å². The molecule has 5 nitrogen and oxygen atoms in total. The predicted molar refractivity (Wildman–Crippen MR) is 98.4 cm³/mol. The van der Waals surface area contributed by atoms with Crippen LogP contribution in [0.1, 0.15) is 56.8 Å². The van der Waals surface area contributed by atoms with Gasteiger partial charge in [0, 0.05) is 29.6 Å². The average molecular weight is 344 g/mol. The van der Waals surface area contributed by atoms with Crippen LogP contribution in [-0.2, 0) is 9.59 Å². The molecule has 2 rings (SSSR count). The standard InChI is InChI=1S/C20H28N2O3/c1-13(2)12-21-19(24)15-7-9-16(10-8-15)20(25)22-18-6-4-5-17(11-18)14(3)23/h4-6,11,13,15-16H,7-10,12H2,1-3H3,(H,21,24)(H,22,25). The maximum atomic E-state index is 12.4. The molecule has 25 heavy (non-hydrogen) atoms. The third kappa shape index (κ3) is 5.69. The minimum absolute atomic E-state index is 0.0174. The van der Waals surface area contributed by atoms with Gasteiger partial charge in [0.25, 0.3) is 0 Å². The Morgan fingerprint density at radius 3 is 2.20 bits per heavy atom. The first kappa shape index (κ1) is 19.2. The number of carbonyl (C=O) groups is 3. The van der Waals surface area contributed by atoms with Gasteiger partial charge in [-0.3, -0.25) is 14.4 Å². The molecular formula is C20H28N2O3. The minimum atomic E-state index is -0.0740. The fourth-order valence-corrected chi connectivity index (χ4v) is 3.13. The molecule has 0 unspecified atom stereocenters. The van der Waals surface area contributed by atoms with Gasteiger partial charge in [0.1, 0.15) is 0 Å². The highest BCUT2D eigenvalue weighted by Gasteiger charge is 2.29. The van der Waals surface area contributed by atoms with Gasteiger partial charge in [-0.15, -0.1) is 0 Å². The fraction of sp³-hybridized carbons (Fsp3) is 0.550. The number of carbonyl (C=O) groups excluding carboxylic acids is 3. The lowest BCUT2D eigenvalue weighted by Gasteiger charge is -2.27. The largest absolute Gasteiger partial charge is 0.356 e. The maximum absolute atomic E-state index is 12.4. The van der Waals surface area contributed by atoms with Gasteiger partial charge >= 0.3 is 0 Å². The van der Waals surface area contributed by atoms with E-state index in [2.05, 4.69) is 24.5 Å². The van der Waals surface area contributed by atoms with E-state index in [0.717, 1.165) is 25.7 Å². The summed E-state index contributed by atoms with van der Waals surface area (Å²) in [5.41, 5.74) is 1.23. The number of hydrogen-bond donors (Lipinski definition) is 2. The van der Waals surface area contributed by atoms with Crippen LogP contribution in [0.25, 0.3) is 0 Å². The molecule has 1 aromatic carbocycles. The van der Waals surface area contributed by atoms with Crippen LogP contribution in [0.5, 0.6) is 0 Å². The Morgan fingerprint density at radius 2 is 1.64 bits per heavy atom. The summed E-state index contributed by atoms with van der Waals surface area (Å²) in [4.78, 5) is 36.0. The van der Waals surface area contributed by atoms with E-state index in [4.69, 9.17) is 0 Å². The van der Waals surface area contributed by atoms with E-state index in [0.29, 0.717) is 23.7 Å². The third-order valence-electron chi connectivity index (χ3n) is 4.69. The Labute approximate surface area is 149 Å². The van der Waals surface area contributed by atoms with Crippen molar-refractivity contribution in [2.45, 2.75) is 46.5 Å². The summed E-state index contributed by atoms with van der Waals surface area (Å²) >= 11 is 0. The second-order valence-electron chi connectivity index (χ2n) is 7.31. The molecule has 0 heterocycles. The van der Waals surface area contributed by atoms with Crippen LogP contribution in [0, 0.1) is 17.8 Å². The number of amides is 2. The van der Waals surface area contributed by atoms with Crippen molar-refractivity contribution >= 4 is 23.3 Å². The summed E-state index contributed by atoms with van der Waals surface area (Å²) in [6.45, 7) is 6.35. The zero-order chi connectivity index (χ0) is 18.4. The quantitative estimate of drug-likeness (QED) is 0.777. The highest BCUT2D eigenvalue weighted by atomic mass is 16.2. The van der Waals surface area contributed by atoms with Crippen LogP contribution in [0.15, 0.2) is 24.3 Å². The Hall–Kier alpha value is -2.17. The number of hydrogen-bond acceptors (Lipinski definition) is 3. The maximum Gasteiger partial charge on any atom is 0.227 e. The minimum Gasteiger partial charge on any atom is -0.356 e. The van der Waals surface area contributed by atoms with E-state index in [1.54, 1.807) is 24.3 Å². The van der Waals surface area contributed by atoms with E-state index in [-0.39, 0.29) is 29.4 Å². The number of Topliss-reactive ketones (excluding diaryl/α,β-unsaturated/α-hetero) is 1. The molecule has 2 N–H and O–H groups in total. The summed E-state index contributed by atoms with van der Waals surface area (Å²) in [5, 5.41) is 5.88. The number of nitrogens with one attached hydrogen (secondary N) is 2. The lowest BCUT2D eigenvalue weighted by atomic mass is 9.81. The van der Waals surface area contributed by atoms with Crippen molar-refractivity contribution in [3.63, 3.8) is 0 Å². The summed E-state index contributed by atoms with van der Waals surface area (Å²) in [7, 11) is 0. The van der Waals surface area contributed by atoms with Crippen LogP contribution in [0.2, 0.25) is 0 Å². The van der Waals surface area contributed by atoms with Crippen LogP contribution in [0.3, 0.4) is 0 Å². The SMILES string of the molecule is CC(=O)c1cccc(NC(=O)C2CCC(C(=O)NCC(C)C)CC2)c1. The average Bonchev–Trinajstić information content (AvgIpc) is 2.60. The molecule has 1 aliphatic rings. The summed E-state index contributed by atoms with van der Waals surface area (Å²) in [5.74, 6) is 0.447. The monoisotopic (exact) mass is 344 g/mol. The van der Waals surface area contributed by atoms with Crippen LogP contribution in [0.4, 0.5) is 5.69 Å². The van der Waals surface area contributed by atoms with Crippen molar-refractivity contribution < 1.29 is 14.4 Å². The van der Waals surface area contributed by atoms with Gasteiger partial charge in [0.05, 0.1) is 0 Å². The van der Waals surface area contributed by atoms with Crippen molar-refractivity contribution in [3.05, 3.63) is 29.8 Å². The lowest BCUT2D eigenvalue weighted by Crippen LogP contribution is -2.37. The van der Waals surface area contributed by atoms with Crippen LogP contribution < -0.4 is 10.6 Å². The van der Waals surface area contributed by atoms with Crippen molar-refractivity contribution in [1.82, 2.24) is 5.32 Å². The van der Waals surface area contributed by atoms with Gasteiger partial charge in [-0.25, -0.2) is 0 Å². The Balaban J connectivity index is 1.84. The Bertz CT molecular complexity index is 632. The molecule has 1 saturated carbocycles. The molecule has 0 radical (unpaired) electrons. The first-order chi connectivity index (χ1) is 11.9. The summed E-state index contributed by atoms with van der Waals surface area (Å²) < 4.78 is 0. The molecule has 1 aromatic rings. The molecule has 1 aliphatic carbocycles. The van der Waals surface area contributed by atoms with Gasteiger partial charge in [0.2, 0.25) is 11.8 Å². The zero-order valence-electron chi connectivity index (χ0n) is 15.3. The highest BCUT2D eigenvalue weighted by molar-refractivity contribution is 5.97. The van der Waals surface area contributed by atoms with E-state index >= 15 is 0 Å². The number of ketones is 1. The molecule has 0 aliphatic heterocycles. The van der Waals surface area contributed by atoms with E-state index < -0.39 is 0 Å². The summed E-state index contributed by atoms with van der Waals surface area (Å²) in [6, 6.07) is 6.99. The number of anilines is 1. The predicted octanol–water partition coefficient (Wildman–Crippen LogP) is 3.41. The van der Waals surface area contributed by atoms with E-state index in [1.807, 2.05) is 0 Å². The first-order valence-corrected chi connectivity index (χ1v) is 9.06. The molecule has 0 atom stereocenters. The van der Waals surface area contributed by atoms with Crippen molar-refractivity contribution in [2.24, 2.45) is 17.8 Å². The molecule has 0 bridgehead atoms. The van der Waals surface area contributed by atoms with Gasteiger partial charge in [-0.1, -0.05) is 26.0 Å². The second kappa shape index (κ2) is 8.79. The Morgan fingerprint density at radius 1 is 1.04 bits per heavy atom. The third-order valence-corrected chi connectivity index (χ3v) is 4.69. The second-order valence-corrected chi connectivity index (χ2v) is 7.31. The van der Waals surface area contributed by atoms with E-state index in [1.165, 1.54) is 6.92 Å². The molecule has 136 valence electrons. The van der Waals surface area contributed by atoms with Crippen LogP contribution >= 0.6 is 0 Å². The van der Waals surface area contributed by atoms with Gasteiger partial charge in [-0.2, -0.15) is 0 Å². The first-order valence-electron chi connectivity index (χ1n) is 9.06. The molecule has 1 fully saturated rings. The normalized spacial score (nSPS) is 20.2. The molecule has 0 saturated heterocycles. The Kier molecular flexibility index (Phi) is 6.73. The van der Waals surface area contributed by atoms with Crippen LogP contribution in [-0.4, -0.2) is 24.1 Å². The fourth-order valence-electron chi connectivity index (χ4n) is 3.13. The molecule has 2 amide bonds. The number of rotatable bonds is 6. The van der Waals surface area contributed by atoms with Gasteiger partial charge in [-0.05, 0) is 50.7 Å². The van der Waals surface area contributed by atoms with Gasteiger partial charge in [0.15, 0.2) is 5.78 Å². The van der Waals surface area contributed by atoms with Crippen molar-refractivity contribution in [1.29, 1.82) is 0 Å². The molecule has 0 spiro atoms. The topological polar surface area (TPSA) is 75.3 Å². The highest BCUT2D eigenvalue weighted by Crippen LogP contribution is 2.30. The summed E-state index contributed by atoms with van der Waals surface area (Å²) in [6.07, 6.45) is 2.93. The molecule has 5 heteroatoms. The molecule has 0 aromatic heterocycles. The van der Waals surface area contributed by atoms with Crippen molar-refractivity contribution in [3.8, 4) is 0 Å². The lowest BCUT2D eigenvalue weighted by molar-refractivity contribution is -0.128. The smallest absolute Gasteiger partial charge is 0.227 e. The number of benzene rings is 1. The zero-order valence-corrected chi connectivity index (χ0v) is 15.3.